The van der Waals surface area contributed by atoms with E-state index in [0.29, 0.717) is 28.1 Å². The van der Waals surface area contributed by atoms with E-state index in [-0.39, 0.29) is 23.5 Å². The zero-order valence-electron chi connectivity index (χ0n) is 12.2. The summed E-state index contributed by atoms with van der Waals surface area (Å²) in [6.07, 6.45) is 1.55. The van der Waals surface area contributed by atoms with E-state index >= 15 is 0 Å². The molecule has 122 valence electrons. The van der Waals surface area contributed by atoms with Crippen LogP contribution in [0.2, 0.25) is 4.34 Å². The van der Waals surface area contributed by atoms with Crippen molar-refractivity contribution in [3.8, 4) is 0 Å². The van der Waals surface area contributed by atoms with Crippen LogP contribution in [0.5, 0.6) is 0 Å². The summed E-state index contributed by atoms with van der Waals surface area (Å²) in [4.78, 5) is 32.7. The van der Waals surface area contributed by atoms with E-state index in [2.05, 4.69) is 15.3 Å². The lowest BCUT2D eigenvalue weighted by Crippen LogP contribution is -2.45. The highest BCUT2D eigenvalue weighted by Crippen LogP contribution is 2.22. The number of hydrogen-bond acceptors (Lipinski definition) is 6. The van der Waals surface area contributed by atoms with Crippen molar-refractivity contribution in [1.82, 2.24) is 15.3 Å². The zero-order valence-corrected chi connectivity index (χ0v) is 13.8. The number of aromatic amines is 1. The largest absolute Gasteiger partial charge is 0.369 e. The first-order valence-corrected chi connectivity index (χ1v) is 8.39. The summed E-state index contributed by atoms with van der Waals surface area (Å²) in [5.74, 6) is 0.581. The van der Waals surface area contributed by atoms with Gasteiger partial charge in [0.1, 0.15) is 5.82 Å². The molecule has 0 saturated carbocycles. The van der Waals surface area contributed by atoms with E-state index in [0.717, 1.165) is 12.8 Å². The molecule has 0 bridgehead atoms. The lowest BCUT2D eigenvalue weighted by Gasteiger charge is -2.33. The Morgan fingerprint density at radius 1 is 1.43 bits per heavy atom. The van der Waals surface area contributed by atoms with Gasteiger partial charge in [-0.1, -0.05) is 11.6 Å². The van der Waals surface area contributed by atoms with Gasteiger partial charge in [-0.2, -0.15) is 4.98 Å². The average molecular weight is 354 g/mol. The molecule has 4 N–H and O–H groups in total. The second-order valence-corrected chi connectivity index (χ2v) is 7.04. The molecule has 1 saturated heterocycles. The maximum atomic E-state index is 12.1. The number of hydrogen-bond donors (Lipinski definition) is 3. The fraction of sp³-hybridized carbons (Fsp3) is 0.357. The second-order valence-electron chi connectivity index (χ2n) is 5.33. The number of anilines is 2. The maximum Gasteiger partial charge on any atom is 0.261 e. The van der Waals surface area contributed by atoms with Gasteiger partial charge in [-0.3, -0.25) is 14.6 Å². The number of thiophene rings is 1. The predicted molar refractivity (Wildman–Crippen MR) is 91.3 cm³/mol. The summed E-state index contributed by atoms with van der Waals surface area (Å²) in [7, 11) is 0. The number of rotatable bonds is 3. The van der Waals surface area contributed by atoms with Crippen molar-refractivity contribution in [2.45, 2.75) is 18.9 Å². The van der Waals surface area contributed by atoms with Crippen LogP contribution >= 0.6 is 22.9 Å². The van der Waals surface area contributed by atoms with Crippen LogP contribution in [0, 0.1) is 0 Å². The van der Waals surface area contributed by atoms with Crippen LogP contribution in [0.3, 0.4) is 0 Å². The second kappa shape index (κ2) is 6.59. The van der Waals surface area contributed by atoms with Gasteiger partial charge in [0.25, 0.3) is 11.5 Å². The van der Waals surface area contributed by atoms with Crippen LogP contribution in [-0.4, -0.2) is 35.0 Å². The molecule has 3 rings (SSSR count). The first-order chi connectivity index (χ1) is 11.0. The lowest BCUT2D eigenvalue weighted by molar-refractivity contribution is 0.0935. The van der Waals surface area contributed by atoms with Crippen LogP contribution < -0.4 is 21.5 Å². The van der Waals surface area contributed by atoms with Crippen molar-refractivity contribution in [1.29, 1.82) is 0 Å². The summed E-state index contributed by atoms with van der Waals surface area (Å²) in [6.45, 7) is 1.40. The molecule has 0 aromatic carbocycles. The number of aromatic nitrogens is 2. The summed E-state index contributed by atoms with van der Waals surface area (Å²) in [5.41, 5.74) is 5.30. The quantitative estimate of drug-likeness (QED) is 0.775. The third-order valence-corrected chi connectivity index (χ3v) is 4.93. The number of carbonyl (C=O) groups excluding carboxylic acids is 1. The fourth-order valence-corrected chi connectivity index (χ4v) is 3.52. The maximum absolute atomic E-state index is 12.1. The van der Waals surface area contributed by atoms with Gasteiger partial charge in [0.2, 0.25) is 5.95 Å². The van der Waals surface area contributed by atoms with Gasteiger partial charge in [-0.15, -0.1) is 11.3 Å². The van der Waals surface area contributed by atoms with Gasteiger partial charge in [-0.05, 0) is 25.0 Å². The number of nitrogens with zero attached hydrogens (tertiary/aromatic N) is 2. The molecule has 0 atom stereocenters. The fourth-order valence-electron chi connectivity index (χ4n) is 2.57. The van der Waals surface area contributed by atoms with E-state index in [9.17, 15) is 9.59 Å². The van der Waals surface area contributed by atoms with Gasteiger partial charge in [0.05, 0.1) is 9.21 Å². The van der Waals surface area contributed by atoms with E-state index in [1.54, 1.807) is 12.1 Å². The number of nitrogens with one attached hydrogen (secondary N) is 2. The highest BCUT2D eigenvalue weighted by Gasteiger charge is 2.23. The smallest absolute Gasteiger partial charge is 0.261 e. The number of carbonyl (C=O) groups is 1. The molecule has 0 aliphatic carbocycles. The van der Waals surface area contributed by atoms with Crippen molar-refractivity contribution in [2.24, 2.45) is 0 Å². The Balaban J connectivity index is 1.58. The average Bonchev–Trinajstić information content (AvgIpc) is 2.94. The number of amides is 1. The summed E-state index contributed by atoms with van der Waals surface area (Å²) in [5, 5.41) is 3.02. The van der Waals surface area contributed by atoms with Crippen LogP contribution in [-0.2, 0) is 0 Å². The topological polar surface area (TPSA) is 104 Å². The molecule has 0 unspecified atom stereocenters. The van der Waals surface area contributed by atoms with Gasteiger partial charge in [0, 0.05) is 25.2 Å². The summed E-state index contributed by atoms with van der Waals surface area (Å²) < 4.78 is 0.600. The number of nitrogen functional groups attached to an aromatic ring is 1. The minimum absolute atomic E-state index is 0.0963. The molecule has 1 amide bonds. The van der Waals surface area contributed by atoms with Crippen LogP contribution in [0.4, 0.5) is 11.8 Å². The standard InChI is InChI=1S/C14H16ClN5O2S/c15-10-2-1-9(23-10)13(22)17-8-3-5-20(6-4-8)11-7-12(21)19-14(16)18-11/h1-2,7-8H,3-6H2,(H,17,22)(H3,16,18,19,21). The Morgan fingerprint density at radius 2 is 2.17 bits per heavy atom. The number of halogens is 1. The molecule has 1 aliphatic heterocycles. The minimum Gasteiger partial charge on any atom is -0.369 e. The Hall–Kier alpha value is -2.06. The Morgan fingerprint density at radius 3 is 2.78 bits per heavy atom. The SMILES string of the molecule is Nc1nc(N2CCC(NC(=O)c3ccc(Cl)s3)CC2)cc(=O)[nH]1. The summed E-state index contributed by atoms with van der Waals surface area (Å²) in [6, 6.07) is 4.97. The molecule has 3 heterocycles. The molecule has 0 spiro atoms. The zero-order chi connectivity index (χ0) is 16.4. The van der Waals surface area contributed by atoms with Gasteiger partial charge >= 0.3 is 0 Å². The van der Waals surface area contributed by atoms with Crippen molar-refractivity contribution >= 4 is 40.6 Å². The first kappa shape index (κ1) is 15.8. The molecule has 2 aromatic heterocycles. The minimum atomic E-state index is -0.266. The summed E-state index contributed by atoms with van der Waals surface area (Å²) >= 11 is 7.11. The van der Waals surface area contributed by atoms with Crippen molar-refractivity contribution in [3.63, 3.8) is 0 Å². The van der Waals surface area contributed by atoms with Crippen molar-refractivity contribution in [2.75, 3.05) is 23.7 Å². The lowest BCUT2D eigenvalue weighted by atomic mass is 10.0. The normalized spacial score (nSPS) is 15.6. The Labute approximate surface area is 141 Å². The Kier molecular flexibility index (Phi) is 4.53. The van der Waals surface area contributed by atoms with Gasteiger partial charge in [-0.25, -0.2) is 0 Å². The molecule has 7 nitrogen and oxygen atoms in total. The molecule has 23 heavy (non-hydrogen) atoms. The van der Waals surface area contributed by atoms with E-state index < -0.39 is 0 Å². The third-order valence-electron chi connectivity index (χ3n) is 3.70. The molecule has 1 aliphatic rings. The van der Waals surface area contributed by atoms with Crippen LogP contribution in [0.15, 0.2) is 23.0 Å². The molecule has 2 aromatic rings. The van der Waals surface area contributed by atoms with Crippen molar-refractivity contribution in [3.05, 3.63) is 37.8 Å². The monoisotopic (exact) mass is 353 g/mol. The molecule has 9 heteroatoms. The highest BCUT2D eigenvalue weighted by atomic mass is 35.5. The number of nitrogens with two attached hydrogens (primary N) is 1. The van der Waals surface area contributed by atoms with Gasteiger partial charge in [0.15, 0.2) is 0 Å². The first-order valence-electron chi connectivity index (χ1n) is 7.19. The number of piperidine rings is 1. The van der Waals surface area contributed by atoms with E-state index in [1.807, 2.05) is 4.90 Å². The Bertz CT molecular complexity index is 767. The number of H-pyrrole nitrogens is 1. The van der Waals surface area contributed by atoms with E-state index in [4.69, 9.17) is 17.3 Å². The third kappa shape index (κ3) is 3.83. The van der Waals surface area contributed by atoms with Gasteiger partial charge < -0.3 is 16.0 Å². The molecular weight excluding hydrogens is 338 g/mol. The predicted octanol–water partition coefficient (Wildman–Crippen LogP) is 1.47. The van der Waals surface area contributed by atoms with Crippen molar-refractivity contribution < 1.29 is 4.79 Å². The molecular formula is C14H16ClN5O2S. The molecule has 1 fully saturated rings. The highest BCUT2D eigenvalue weighted by molar-refractivity contribution is 7.17. The van der Waals surface area contributed by atoms with E-state index in [1.165, 1.54) is 17.4 Å². The van der Waals surface area contributed by atoms with Crippen LogP contribution in [0.25, 0.3) is 0 Å². The molecule has 0 radical (unpaired) electrons. The van der Waals surface area contributed by atoms with Crippen LogP contribution in [0.1, 0.15) is 22.5 Å².